The lowest BCUT2D eigenvalue weighted by molar-refractivity contribution is 0.149. The van der Waals surface area contributed by atoms with Crippen molar-refractivity contribution in [2.45, 2.75) is 39.8 Å². The summed E-state index contributed by atoms with van der Waals surface area (Å²) >= 11 is 0. The number of rotatable bonds is 8. The van der Waals surface area contributed by atoms with Crippen molar-refractivity contribution in [1.29, 1.82) is 0 Å². The molecule has 0 fully saturated rings. The molecule has 0 aliphatic carbocycles. The van der Waals surface area contributed by atoms with Crippen LogP contribution in [0, 0.1) is 5.92 Å². The summed E-state index contributed by atoms with van der Waals surface area (Å²) in [6.45, 7) is 9.17. The van der Waals surface area contributed by atoms with Crippen LogP contribution in [0.3, 0.4) is 0 Å². The van der Waals surface area contributed by atoms with E-state index in [1.165, 1.54) is 5.56 Å². The van der Waals surface area contributed by atoms with Crippen LogP contribution in [0.5, 0.6) is 0 Å². The molecule has 98 valence electrons. The zero-order valence-electron chi connectivity index (χ0n) is 11.4. The van der Waals surface area contributed by atoms with Crippen molar-refractivity contribution in [3.05, 3.63) is 18.0 Å². The van der Waals surface area contributed by atoms with Crippen LogP contribution >= 0.6 is 0 Å². The van der Waals surface area contributed by atoms with Crippen LogP contribution in [0.4, 0.5) is 0 Å². The van der Waals surface area contributed by atoms with E-state index in [1.807, 2.05) is 10.9 Å². The minimum Gasteiger partial charge on any atom is -0.384 e. The second kappa shape index (κ2) is 7.45. The molecule has 0 aliphatic rings. The molecule has 17 heavy (non-hydrogen) atoms. The first-order chi connectivity index (χ1) is 8.21. The fourth-order valence-electron chi connectivity index (χ4n) is 2.07. The highest BCUT2D eigenvalue weighted by molar-refractivity contribution is 5.10. The SMILES string of the molecule is CCNC(CC(C)COC)c1cnn(CC)c1. The van der Waals surface area contributed by atoms with E-state index < -0.39 is 0 Å². The maximum absolute atomic E-state index is 5.20. The van der Waals surface area contributed by atoms with Crippen LogP contribution in [0.1, 0.15) is 38.8 Å². The average molecular weight is 239 g/mol. The van der Waals surface area contributed by atoms with Gasteiger partial charge in [0.1, 0.15) is 0 Å². The fraction of sp³-hybridized carbons (Fsp3) is 0.769. The maximum atomic E-state index is 5.20. The first-order valence-electron chi connectivity index (χ1n) is 6.45. The molecular formula is C13H25N3O. The first-order valence-corrected chi connectivity index (χ1v) is 6.45. The van der Waals surface area contributed by atoms with Crippen molar-refractivity contribution in [2.75, 3.05) is 20.3 Å². The van der Waals surface area contributed by atoms with E-state index in [2.05, 4.69) is 37.4 Å². The number of ether oxygens (including phenoxy) is 1. The molecule has 0 saturated carbocycles. The lowest BCUT2D eigenvalue weighted by Gasteiger charge is -2.20. The Morgan fingerprint density at radius 2 is 2.24 bits per heavy atom. The number of nitrogens with one attached hydrogen (secondary N) is 1. The molecule has 0 bridgehead atoms. The average Bonchev–Trinajstić information content (AvgIpc) is 2.77. The van der Waals surface area contributed by atoms with Crippen molar-refractivity contribution in [3.8, 4) is 0 Å². The normalized spacial score (nSPS) is 14.8. The maximum Gasteiger partial charge on any atom is 0.0537 e. The minimum atomic E-state index is 0.380. The van der Waals surface area contributed by atoms with Gasteiger partial charge in [0.15, 0.2) is 0 Å². The van der Waals surface area contributed by atoms with Crippen LogP contribution in [0.2, 0.25) is 0 Å². The van der Waals surface area contributed by atoms with Gasteiger partial charge in [-0.1, -0.05) is 13.8 Å². The van der Waals surface area contributed by atoms with Gasteiger partial charge in [-0.3, -0.25) is 4.68 Å². The number of nitrogens with zero attached hydrogens (tertiary/aromatic N) is 2. The largest absolute Gasteiger partial charge is 0.384 e. The van der Waals surface area contributed by atoms with E-state index in [0.717, 1.165) is 26.1 Å². The molecular weight excluding hydrogens is 214 g/mol. The Morgan fingerprint density at radius 1 is 1.47 bits per heavy atom. The monoisotopic (exact) mass is 239 g/mol. The Balaban J connectivity index is 2.64. The molecule has 4 nitrogen and oxygen atoms in total. The van der Waals surface area contributed by atoms with Gasteiger partial charge in [-0.05, 0) is 25.8 Å². The summed E-state index contributed by atoms with van der Waals surface area (Å²) in [5, 5.41) is 7.85. The van der Waals surface area contributed by atoms with Crippen LogP contribution in [0.25, 0.3) is 0 Å². The van der Waals surface area contributed by atoms with E-state index in [1.54, 1.807) is 7.11 Å². The van der Waals surface area contributed by atoms with Crippen molar-refractivity contribution in [2.24, 2.45) is 5.92 Å². The molecule has 4 heteroatoms. The second-order valence-electron chi connectivity index (χ2n) is 4.54. The number of aryl methyl sites for hydroxylation is 1. The molecule has 0 aliphatic heterocycles. The van der Waals surface area contributed by atoms with Gasteiger partial charge in [-0.2, -0.15) is 5.10 Å². The lowest BCUT2D eigenvalue weighted by atomic mass is 9.98. The third-order valence-electron chi connectivity index (χ3n) is 2.92. The third-order valence-corrected chi connectivity index (χ3v) is 2.92. The summed E-state index contributed by atoms with van der Waals surface area (Å²) in [7, 11) is 1.76. The van der Waals surface area contributed by atoms with Gasteiger partial charge in [-0.15, -0.1) is 0 Å². The molecule has 1 aromatic rings. The summed E-state index contributed by atoms with van der Waals surface area (Å²) < 4.78 is 7.17. The Labute approximate surface area is 104 Å². The van der Waals surface area contributed by atoms with Crippen LogP contribution in [-0.2, 0) is 11.3 Å². The van der Waals surface area contributed by atoms with Gasteiger partial charge >= 0.3 is 0 Å². The van der Waals surface area contributed by atoms with Gasteiger partial charge in [0.2, 0.25) is 0 Å². The Bertz CT molecular complexity index is 311. The van der Waals surface area contributed by atoms with E-state index in [4.69, 9.17) is 4.74 Å². The molecule has 0 radical (unpaired) electrons. The van der Waals surface area contributed by atoms with Crippen LogP contribution < -0.4 is 5.32 Å². The van der Waals surface area contributed by atoms with Gasteiger partial charge < -0.3 is 10.1 Å². The smallest absolute Gasteiger partial charge is 0.0537 e. The van der Waals surface area contributed by atoms with Crippen molar-refractivity contribution >= 4 is 0 Å². The van der Waals surface area contributed by atoms with E-state index in [9.17, 15) is 0 Å². The highest BCUT2D eigenvalue weighted by atomic mass is 16.5. The van der Waals surface area contributed by atoms with E-state index in [0.29, 0.717) is 12.0 Å². The van der Waals surface area contributed by atoms with Gasteiger partial charge in [0.05, 0.1) is 6.20 Å². The number of aromatic nitrogens is 2. The lowest BCUT2D eigenvalue weighted by Crippen LogP contribution is -2.23. The number of hydrogen-bond donors (Lipinski definition) is 1. The number of methoxy groups -OCH3 is 1. The Hall–Kier alpha value is -0.870. The predicted octanol–water partition coefficient (Wildman–Crippen LogP) is 2.23. The summed E-state index contributed by atoms with van der Waals surface area (Å²) in [5.74, 6) is 0.550. The molecule has 0 amide bonds. The van der Waals surface area contributed by atoms with Crippen molar-refractivity contribution < 1.29 is 4.74 Å². The van der Waals surface area contributed by atoms with Gasteiger partial charge in [0, 0.05) is 38.1 Å². The van der Waals surface area contributed by atoms with Gasteiger partial charge in [-0.25, -0.2) is 0 Å². The van der Waals surface area contributed by atoms with Crippen molar-refractivity contribution in [1.82, 2.24) is 15.1 Å². The summed E-state index contributed by atoms with van der Waals surface area (Å²) in [6.07, 6.45) is 5.18. The van der Waals surface area contributed by atoms with Crippen LogP contribution in [0.15, 0.2) is 12.4 Å². The number of hydrogen-bond acceptors (Lipinski definition) is 3. The summed E-state index contributed by atoms with van der Waals surface area (Å²) in [4.78, 5) is 0. The fourth-order valence-corrected chi connectivity index (χ4v) is 2.07. The topological polar surface area (TPSA) is 39.1 Å². The predicted molar refractivity (Wildman–Crippen MR) is 70.0 cm³/mol. The quantitative estimate of drug-likeness (QED) is 0.756. The van der Waals surface area contributed by atoms with Crippen LogP contribution in [-0.4, -0.2) is 30.0 Å². The summed E-state index contributed by atoms with van der Waals surface area (Å²) in [6, 6.07) is 0.380. The Morgan fingerprint density at radius 3 is 2.76 bits per heavy atom. The Kier molecular flexibility index (Phi) is 6.22. The van der Waals surface area contributed by atoms with Crippen molar-refractivity contribution in [3.63, 3.8) is 0 Å². The molecule has 0 saturated heterocycles. The summed E-state index contributed by atoms with van der Waals surface area (Å²) in [5.41, 5.74) is 1.27. The molecule has 1 heterocycles. The second-order valence-corrected chi connectivity index (χ2v) is 4.54. The standard InChI is InChI=1S/C13H25N3O/c1-5-14-13(7-11(3)10-17-4)12-8-15-16(6-2)9-12/h8-9,11,13-14H,5-7,10H2,1-4H3. The zero-order valence-corrected chi connectivity index (χ0v) is 11.4. The highest BCUT2D eigenvalue weighted by Gasteiger charge is 2.15. The first kappa shape index (κ1) is 14.2. The van der Waals surface area contributed by atoms with Gasteiger partial charge in [0.25, 0.3) is 0 Å². The third kappa shape index (κ3) is 4.48. The van der Waals surface area contributed by atoms with E-state index in [-0.39, 0.29) is 0 Å². The molecule has 1 rings (SSSR count). The highest BCUT2D eigenvalue weighted by Crippen LogP contribution is 2.21. The minimum absolute atomic E-state index is 0.380. The molecule has 0 aromatic carbocycles. The molecule has 1 N–H and O–H groups in total. The zero-order chi connectivity index (χ0) is 12.7. The van der Waals surface area contributed by atoms with E-state index >= 15 is 0 Å². The molecule has 2 atom stereocenters. The molecule has 2 unspecified atom stereocenters. The molecule has 0 spiro atoms. The molecule has 1 aromatic heterocycles.